The zero-order valence-electron chi connectivity index (χ0n) is 11.1. The second-order valence-corrected chi connectivity index (χ2v) is 5.17. The van der Waals surface area contributed by atoms with Gasteiger partial charge in [-0.25, -0.2) is 4.39 Å². The maximum atomic E-state index is 13.6. The number of nitrogens with one attached hydrogen (secondary N) is 1. The van der Waals surface area contributed by atoms with E-state index in [4.69, 9.17) is 10.6 Å². The Morgan fingerprint density at radius 3 is 2.70 bits per heavy atom. The fourth-order valence-electron chi connectivity index (χ4n) is 2.14. The minimum absolute atomic E-state index is 0.212. The van der Waals surface area contributed by atoms with Crippen LogP contribution in [-0.2, 0) is 6.42 Å². The number of hydrazine groups is 1. The van der Waals surface area contributed by atoms with E-state index in [-0.39, 0.29) is 11.9 Å². The van der Waals surface area contributed by atoms with Crippen LogP contribution in [0.15, 0.2) is 46.9 Å². The van der Waals surface area contributed by atoms with Gasteiger partial charge in [-0.05, 0) is 45.6 Å². The molecule has 106 valence electrons. The molecule has 1 atom stereocenters. The van der Waals surface area contributed by atoms with Gasteiger partial charge in [0.25, 0.3) is 0 Å². The third-order valence-corrected chi connectivity index (χ3v) is 4.01. The second kappa shape index (κ2) is 6.83. The average Bonchev–Trinajstić information content (AvgIpc) is 2.48. The van der Waals surface area contributed by atoms with Crippen LogP contribution in [-0.4, -0.2) is 7.11 Å². The molecule has 0 aliphatic carbocycles. The van der Waals surface area contributed by atoms with Crippen molar-refractivity contribution in [1.82, 2.24) is 5.43 Å². The van der Waals surface area contributed by atoms with E-state index >= 15 is 0 Å². The highest BCUT2D eigenvalue weighted by molar-refractivity contribution is 9.10. The van der Waals surface area contributed by atoms with Crippen LogP contribution in [0.5, 0.6) is 5.75 Å². The number of halogens is 2. The zero-order valence-corrected chi connectivity index (χ0v) is 12.7. The number of ether oxygens (including phenoxy) is 1. The van der Waals surface area contributed by atoms with E-state index in [2.05, 4.69) is 21.4 Å². The minimum Gasteiger partial charge on any atom is -0.496 e. The molecule has 2 rings (SSSR count). The highest BCUT2D eigenvalue weighted by atomic mass is 79.9. The van der Waals surface area contributed by atoms with Crippen molar-refractivity contribution in [3.8, 4) is 5.75 Å². The van der Waals surface area contributed by atoms with E-state index in [9.17, 15) is 4.39 Å². The number of benzene rings is 2. The lowest BCUT2D eigenvalue weighted by molar-refractivity contribution is 0.405. The highest BCUT2D eigenvalue weighted by Gasteiger charge is 2.17. The molecular formula is C15H16BrFN2O. The third-order valence-electron chi connectivity index (χ3n) is 3.17. The molecule has 2 aromatic rings. The molecular weight excluding hydrogens is 323 g/mol. The Labute approximate surface area is 126 Å². The maximum absolute atomic E-state index is 13.6. The maximum Gasteiger partial charge on any atom is 0.137 e. The lowest BCUT2D eigenvalue weighted by Crippen LogP contribution is -2.30. The molecule has 0 bridgehead atoms. The number of hydrogen-bond acceptors (Lipinski definition) is 3. The molecule has 5 heteroatoms. The Kier molecular flexibility index (Phi) is 5.11. The Hall–Kier alpha value is -1.43. The Morgan fingerprint density at radius 1 is 1.25 bits per heavy atom. The quantitative estimate of drug-likeness (QED) is 0.649. The van der Waals surface area contributed by atoms with Crippen LogP contribution in [0.1, 0.15) is 17.2 Å². The van der Waals surface area contributed by atoms with Crippen molar-refractivity contribution in [2.24, 2.45) is 5.84 Å². The number of methoxy groups -OCH3 is 1. The van der Waals surface area contributed by atoms with Gasteiger partial charge in [0.1, 0.15) is 11.6 Å². The van der Waals surface area contributed by atoms with Gasteiger partial charge in [-0.1, -0.05) is 30.3 Å². The summed E-state index contributed by atoms with van der Waals surface area (Å²) in [6.45, 7) is 0. The van der Waals surface area contributed by atoms with Gasteiger partial charge in [-0.3, -0.25) is 11.3 Å². The van der Waals surface area contributed by atoms with Crippen molar-refractivity contribution in [3.05, 3.63) is 63.9 Å². The molecule has 0 heterocycles. The highest BCUT2D eigenvalue weighted by Crippen LogP contribution is 2.30. The normalized spacial score (nSPS) is 12.2. The van der Waals surface area contributed by atoms with Crippen LogP contribution >= 0.6 is 15.9 Å². The van der Waals surface area contributed by atoms with E-state index in [1.54, 1.807) is 13.2 Å². The van der Waals surface area contributed by atoms with Crippen LogP contribution in [0.25, 0.3) is 0 Å². The van der Waals surface area contributed by atoms with Crippen molar-refractivity contribution >= 4 is 15.9 Å². The molecule has 0 fully saturated rings. The van der Waals surface area contributed by atoms with Crippen LogP contribution in [0.3, 0.4) is 0 Å². The van der Waals surface area contributed by atoms with Crippen LogP contribution in [0.2, 0.25) is 0 Å². The van der Waals surface area contributed by atoms with E-state index in [1.807, 2.05) is 30.3 Å². The monoisotopic (exact) mass is 338 g/mol. The second-order valence-electron chi connectivity index (χ2n) is 4.38. The molecule has 1 unspecified atom stereocenters. The summed E-state index contributed by atoms with van der Waals surface area (Å²) in [4.78, 5) is 0. The summed E-state index contributed by atoms with van der Waals surface area (Å²) < 4.78 is 19.4. The van der Waals surface area contributed by atoms with Gasteiger partial charge in [-0.2, -0.15) is 0 Å². The van der Waals surface area contributed by atoms with E-state index in [0.29, 0.717) is 10.9 Å². The first kappa shape index (κ1) is 15.0. The molecule has 0 radical (unpaired) electrons. The first-order chi connectivity index (χ1) is 9.67. The van der Waals surface area contributed by atoms with Gasteiger partial charge < -0.3 is 4.74 Å². The summed E-state index contributed by atoms with van der Waals surface area (Å²) in [5, 5.41) is 0. The van der Waals surface area contributed by atoms with E-state index < -0.39 is 0 Å². The van der Waals surface area contributed by atoms with Crippen molar-refractivity contribution in [3.63, 3.8) is 0 Å². The van der Waals surface area contributed by atoms with Gasteiger partial charge in [-0.15, -0.1) is 0 Å². The topological polar surface area (TPSA) is 47.3 Å². The molecule has 3 N–H and O–H groups in total. The molecule has 20 heavy (non-hydrogen) atoms. The number of para-hydroxylation sites is 1. The van der Waals surface area contributed by atoms with Crippen molar-refractivity contribution < 1.29 is 9.13 Å². The van der Waals surface area contributed by atoms with Crippen molar-refractivity contribution in [2.45, 2.75) is 12.5 Å². The molecule has 3 nitrogen and oxygen atoms in total. The third kappa shape index (κ3) is 3.17. The molecule has 0 aromatic heterocycles. The largest absolute Gasteiger partial charge is 0.496 e. The van der Waals surface area contributed by atoms with Gasteiger partial charge in [0.2, 0.25) is 0 Å². The van der Waals surface area contributed by atoms with Crippen LogP contribution < -0.4 is 16.0 Å². The zero-order chi connectivity index (χ0) is 14.5. The lowest BCUT2D eigenvalue weighted by atomic mass is 9.98. The first-order valence-corrected chi connectivity index (χ1v) is 6.98. The Balaban J connectivity index is 2.31. The van der Waals surface area contributed by atoms with Crippen molar-refractivity contribution in [2.75, 3.05) is 7.11 Å². The van der Waals surface area contributed by atoms with Gasteiger partial charge in [0.15, 0.2) is 0 Å². The summed E-state index contributed by atoms with van der Waals surface area (Å²) >= 11 is 3.27. The summed E-state index contributed by atoms with van der Waals surface area (Å²) in [6, 6.07) is 12.4. The van der Waals surface area contributed by atoms with Gasteiger partial charge in [0.05, 0.1) is 17.6 Å². The summed E-state index contributed by atoms with van der Waals surface area (Å²) in [5.74, 6) is 6.12. The predicted molar refractivity (Wildman–Crippen MR) is 80.9 cm³/mol. The SMILES string of the molecule is COc1ccccc1CC(NN)c1cccc(F)c1Br. The van der Waals surface area contributed by atoms with Crippen LogP contribution in [0, 0.1) is 5.82 Å². The number of hydrogen-bond donors (Lipinski definition) is 2. The Morgan fingerprint density at radius 2 is 2.00 bits per heavy atom. The molecule has 0 saturated carbocycles. The first-order valence-electron chi connectivity index (χ1n) is 6.19. The van der Waals surface area contributed by atoms with Crippen molar-refractivity contribution in [1.29, 1.82) is 0 Å². The average molecular weight is 339 g/mol. The fraction of sp³-hybridized carbons (Fsp3) is 0.200. The Bertz CT molecular complexity index is 592. The van der Waals surface area contributed by atoms with Gasteiger partial charge in [0, 0.05) is 0 Å². The molecule has 0 aliphatic heterocycles. The number of rotatable bonds is 5. The summed E-state index contributed by atoms with van der Waals surface area (Å²) in [6.07, 6.45) is 0.600. The smallest absolute Gasteiger partial charge is 0.137 e. The summed E-state index contributed by atoms with van der Waals surface area (Å²) in [5.41, 5.74) is 4.52. The van der Waals surface area contributed by atoms with Gasteiger partial charge >= 0.3 is 0 Å². The summed E-state index contributed by atoms with van der Waals surface area (Å²) in [7, 11) is 1.63. The van der Waals surface area contributed by atoms with Crippen LogP contribution in [0.4, 0.5) is 4.39 Å². The molecule has 0 saturated heterocycles. The predicted octanol–water partition coefficient (Wildman–Crippen LogP) is 3.34. The lowest BCUT2D eigenvalue weighted by Gasteiger charge is -2.19. The fourth-order valence-corrected chi connectivity index (χ4v) is 2.68. The molecule has 2 aromatic carbocycles. The number of nitrogens with two attached hydrogens (primary N) is 1. The standard InChI is InChI=1S/C15H16BrFN2O/c1-20-14-8-3-2-5-10(14)9-13(19-18)11-6-4-7-12(17)15(11)16/h2-8,13,19H,9,18H2,1H3. The van der Waals surface area contributed by atoms with E-state index in [1.165, 1.54) is 6.07 Å². The minimum atomic E-state index is -0.303. The molecule has 0 aliphatic rings. The van der Waals surface area contributed by atoms with E-state index in [0.717, 1.165) is 16.9 Å². The molecule has 0 spiro atoms. The molecule has 0 amide bonds.